The third-order valence-corrected chi connectivity index (χ3v) is 6.04. The van der Waals surface area contributed by atoms with Crippen LogP contribution in [0.2, 0.25) is 0 Å². The minimum Gasteiger partial charge on any atom is -0.375 e. The van der Waals surface area contributed by atoms with Crippen molar-refractivity contribution in [3.8, 4) is 0 Å². The molecule has 0 unspecified atom stereocenters. The molecule has 0 radical (unpaired) electrons. The van der Waals surface area contributed by atoms with Crippen LogP contribution >= 0.6 is 0 Å². The second-order valence-corrected chi connectivity index (χ2v) is 7.12. The molecule has 0 spiro atoms. The van der Waals surface area contributed by atoms with Crippen molar-refractivity contribution in [2.24, 2.45) is 11.3 Å². The van der Waals surface area contributed by atoms with Crippen molar-refractivity contribution in [3.63, 3.8) is 0 Å². The number of allylic oxidation sites excluding steroid dienone is 3. The Labute approximate surface area is 138 Å². The van der Waals surface area contributed by atoms with E-state index < -0.39 is 0 Å². The average molecular weight is 317 g/mol. The number of likely N-dealkylation sites (N-methyl/N-ethyl adjacent to an activating group) is 1. The molecule has 4 atom stereocenters. The first kappa shape index (κ1) is 16.5. The molecule has 1 aliphatic heterocycles. The molecule has 3 aliphatic rings. The van der Waals surface area contributed by atoms with Gasteiger partial charge in [-0.2, -0.15) is 0 Å². The monoisotopic (exact) mass is 317 g/mol. The molecular formula is C19H27NO3. The molecule has 0 saturated carbocycles. The lowest BCUT2D eigenvalue weighted by Gasteiger charge is -2.49. The number of carbonyl (C=O) groups excluding carboxylic acids is 1. The zero-order valence-electron chi connectivity index (χ0n) is 15.0. The normalized spacial score (nSPS) is 36.7. The van der Waals surface area contributed by atoms with Crippen molar-refractivity contribution in [1.82, 2.24) is 4.90 Å². The molecule has 2 aliphatic carbocycles. The summed E-state index contributed by atoms with van der Waals surface area (Å²) in [4.78, 5) is 14.1. The predicted molar refractivity (Wildman–Crippen MR) is 89.7 cm³/mol. The maximum atomic E-state index is 12.3. The van der Waals surface area contributed by atoms with E-state index in [1.54, 1.807) is 12.0 Å². The Hall–Kier alpha value is -1.39. The van der Waals surface area contributed by atoms with E-state index in [9.17, 15) is 4.79 Å². The number of methoxy groups -OCH3 is 1. The number of nitrogens with zero attached hydrogens (tertiary/aromatic N) is 1. The van der Waals surface area contributed by atoms with Gasteiger partial charge in [0.25, 0.3) is 5.91 Å². The third kappa shape index (κ3) is 2.23. The maximum Gasteiger partial charge on any atom is 0.254 e. The summed E-state index contributed by atoms with van der Waals surface area (Å²) < 4.78 is 11.7. The van der Waals surface area contributed by atoms with E-state index in [4.69, 9.17) is 9.47 Å². The summed E-state index contributed by atoms with van der Waals surface area (Å²) in [6, 6.07) is 0. The largest absolute Gasteiger partial charge is 0.375 e. The van der Waals surface area contributed by atoms with E-state index in [0.717, 1.165) is 17.7 Å². The molecule has 0 aromatic rings. The van der Waals surface area contributed by atoms with E-state index in [0.29, 0.717) is 12.5 Å². The molecule has 0 fully saturated rings. The first-order valence-electron chi connectivity index (χ1n) is 8.41. The fourth-order valence-electron chi connectivity index (χ4n) is 4.29. The van der Waals surface area contributed by atoms with Gasteiger partial charge >= 0.3 is 0 Å². The molecule has 4 heteroatoms. The number of carbonyl (C=O) groups is 1. The number of ether oxygens (including phenoxy) is 2. The van der Waals surface area contributed by atoms with Gasteiger partial charge in [-0.05, 0) is 49.5 Å². The second kappa shape index (κ2) is 5.60. The second-order valence-electron chi connectivity index (χ2n) is 7.12. The van der Waals surface area contributed by atoms with Crippen molar-refractivity contribution in [3.05, 3.63) is 34.6 Å². The molecule has 1 amide bonds. The molecule has 0 aromatic heterocycles. The Morgan fingerprint density at radius 3 is 2.74 bits per heavy atom. The molecule has 1 heterocycles. The van der Waals surface area contributed by atoms with Gasteiger partial charge in [0.2, 0.25) is 0 Å². The SMILES string of the molecule is CCO[C@H]1[C@H](OC)C=C2C=C3C(=C(C)C(=O)N3C)C[C@]2(C)[C@H]1C. The van der Waals surface area contributed by atoms with Gasteiger partial charge < -0.3 is 14.4 Å². The van der Waals surface area contributed by atoms with Crippen LogP contribution in [0.1, 0.15) is 34.1 Å². The number of hydrogen-bond donors (Lipinski definition) is 0. The van der Waals surface area contributed by atoms with Gasteiger partial charge in [-0.3, -0.25) is 4.79 Å². The Kier molecular flexibility index (Phi) is 4.01. The van der Waals surface area contributed by atoms with Crippen molar-refractivity contribution < 1.29 is 14.3 Å². The van der Waals surface area contributed by atoms with Crippen LogP contribution < -0.4 is 0 Å². The Morgan fingerprint density at radius 1 is 1.43 bits per heavy atom. The smallest absolute Gasteiger partial charge is 0.254 e. The lowest BCUT2D eigenvalue weighted by Crippen LogP contribution is -2.49. The first-order valence-corrected chi connectivity index (χ1v) is 8.41. The average Bonchev–Trinajstić information content (AvgIpc) is 2.73. The molecule has 0 aromatic carbocycles. The molecule has 126 valence electrons. The lowest BCUT2D eigenvalue weighted by atomic mass is 9.59. The third-order valence-electron chi connectivity index (χ3n) is 6.04. The zero-order valence-corrected chi connectivity index (χ0v) is 15.0. The van der Waals surface area contributed by atoms with E-state index in [1.807, 2.05) is 20.9 Å². The number of hydrogen-bond acceptors (Lipinski definition) is 3. The lowest BCUT2D eigenvalue weighted by molar-refractivity contribution is -0.123. The van der Waals surface area contributed by atoms with Gasteiger partial charge in [0.1, 0.15) is 6.10 Å². The topological polar surface area (TPSA) is 38.8 Å². The fraction of sp³-hybridized carbons (Fsp3) is 0.632. The molecule has 4 nitrogen and oxygen atoms in total. The minimum atomic E-state index is -0.0427. The van der Waals surface area contributed by atoms with Gasteiger partial charge in [0.05, 0.1) is 6.10 Å². The van der Waals surface area contributed by atoms with Crippen LogP contribution in [-0.4, -0.2) is 43.8 Å². The molecule has 0 N–H and O–H groups in total. The van der Waals surface area contributed by atoms with Crippen molar-refractivity contribution in [2.75, 3.05) is 20.8 Å². The maximum absolute atomic E-state index is 12.3. The van der Waals surface area contributed by atoms with E-state index in [1.165, 1.54) is 11.1 Å². The van der Waals surface area contributed by atoms with Crippen LogP contribution in [0, 0.1) is 11.3 Å². The highest BCUT2D eigenvalue weighted by Gasteiger charge is 2.50. The summed E-state index contributed by atoms with van der Waals surface area (Å²) in [6.07, 6.45) is 5.25. The standard InChI is InChI=1S/C19H27NO3/c1-7-23-17-12(3)19(4)10-14-11(2)18(21)20(5)15(14)8-13(19)9-16(17)22-6/h8-9,12,16-17H,7,10H2,1-6H3/t12-,16+,17+,19+/m0/s1. The number of amides is 1. The summed E-state index contributed by atoms with van der Waals surface area (Å²) in [7, 11) is 3.59. The van der Waals surface area contributed by atoms with Crippen molar-refractivity contribution in [2.45, 2.75) is 46.3 Å². The highest BCUT2D eigenvalue weighted by molar-refractivity contribution is 6.00. The van der Waals surface area contributed by atoms with Crippen LogP contribution in [0.4, 0.5) is 0 Å². The van der Waals surface area contributed by atoms with E-state index >= 15 is 0 Å². The van der Waals surface area contributed by atoms with Gasteiger partial charge in [0, 0.05) is 37.4 Å². The Bertz CT molecular complexity index is 631. The summed E-state index contributed by atoms with van der Waals surface area (Å²) in [6.45, 7) is 9.18. The van der Waals surface area contributed by atoms with E-state index in [-0.39, 0.29) is 23.5 Å². The molecule has 3 rings (SSSR count). The van der Waals surface area contributed by atoms with Gasteiger partial charge in [-0.15, -0.1) is 0 Å². The summed E-state index contributed by atoms with van der Waals surface area (Å²) in [5.41, 5.74) is 4.36. The molecule has 23 heavy (non-hydrogen) atoms. The first-order chi connectivity index (χ1) is 10.8. The minimum absolute atomic E-state index is 0.0274. The zero-order chi connectivity index (χ0) is 16.9. The van der Waals surface area contributed by atoms with Crippen molar-refractivity contribution >= 4 is 5.91 Å². The Morgan fingerprint density at radius 2 is 2.13 bits per heavy atom. The quantitative estimate of drug-likeness (QED) is 0.803. The van der Waals surface area contributed by atoms with Crippen LogP contribution in [0.15, 0.2) is 34.6 Å². The van der Waals surface area contributed by atoms with Crippen LogP contribution in [0.3, 0.4) is 0 Å². The number of fused-ring (bicyclic) bond motifs is 2. The highest BCUT2D eigenvalue weighted by atomic mass is 16.5. The van der Waals surface area contributed by atoms with Crippen LogP contribution in [-0.2, 0) is 14.3 Å². The highest BCUT2D eigenvalue weighted by Crippen LogP contribution is 2.54. The van der Waals surface area contributed by atoms with Gasteiger partial charge in [-0.25, -0.2) is 0 Å². The van der Waals surface area contributed by atoms with Gasteiger partial charge in [-0.1, -0.05) is 13.8 Å². The van der Waals surface area contributed by atoms with Crippen LogP contribution in [0.5, 0.6) is 0 Å². The van der Waals surface area contributed by atoms with Crippen molar-refractivity contribution in [1.29, 1.82) is 0 Å². The fourth-order valence-corrected chi connectivity index (χ4v) is 4.29. The molecule has 0 saturated heterocycles. The summed E-state index contributed by atoms with van der Waals surface area (Å²) in [5, 5.41) is 0. The predicted octanol–water partition coefficient (Wildman–Crippen LogP) is 3.07. The molecular weight excluding hydrogens is 290 g/mol. The number of rotatable bonds is 3. The van der Waals surface area contributed by atoms with Crippen LogP contribution in [0.25, 0.3) is 0 Å². The summed E-state index contributed by atoms with van der Waals surface area (Å²) in [5.74, 6) is 0.429. The summed E-state index contributed by atoms with van der Waals surface area (Å²) >= 11 is 0. The Balaban J connectivity index is 2.11. The van der Waals surface area contributed by atoms with Gasteiger partial charge in [0.15, 0.2) is 0 Å². The van der Waals surface area contributed by atoms with E-state index in [2.05, 4.69) is 26.0 Å². The molecule has 0 bridgehead atoms.